The molecule has 0 aliphatic heterocycles. The minimum Gasteiger partial charge on any atom is -0.467 e. The van der Waals surface area contributed by atoms with Crippen LogP contribution in [0.15, 0.2) is 59.2 Å². The van der Waals surface area contributed by atoms with Crippen molar-refractivity contribution in [2.75, 3.05) is 6.61 Å². The van der Waals surface area contributed by atoms with Crippen molar-refractivity contribution >= 4 is 23.5 Å². The van der Waals surface area contributed by atoms with Crippen LogP contribution in [0.5, 0.6) is 0 Å². The van der Waals surface area contributed by atoms with E-state index in [1.54, 1.807) is 24.5 Å². The van der Waals surface area contributed by atoms with Crippen molar-refractivity contribution in [2.24, 2.45) is 0 Å². The van der Waals surface area contributed by atoms with Crippen molar-refractivity contribution in [2.45, 2.75) is 20.4 Å². The van der Waals surface area contributed by atoms with Crippen LogP contribution in [-0.2, 0) is 16.1 Å². The number of hydrogen-bond acceptors (Lipinski definition) is 6. The Morgan fingerprint density at radius 1 is 1.20 bits per heavy atom. The molecule has 3 rings (SSSR count). The molecule has 0 radical (unpaired) electrons. The van der Waals surface area contributed by atoms with E-state index >= 15 is 0 Å². The number of ether oxygens (including phenoxy) is 1. The van der Waals surface area contributed by atoms with E-state index in [9.17, 15) is 19.7 Å². The number of nitrogens with zero attached hydrogens (tertiary/aromatic N) is 2. The summed E-state index contributed by atoms with van der Waals surface area (Å²) in [5.74, 6) is -0.325. The van der Waals surface area contributed by atoms with Crippen molar-refractivity contribution in [3.05, 3.63) is 93.2 Å². The molecule has 3 aromatic rings. The number of aromatic nitrogens is 1. The molecule has 8 nitrogen and oxygen atoms in total. The Morgan fingerprint density at radius 3 is 2.67 bits per heavy atom. The van der Waals surface area contributed by atoms with Crippen LogP contribution >= 0.6 is 0 Å². The van der Waals surface area contributed by atoms with Gasteiger partial charge in [-0.25, -0.2) is 4.79 Å². The fraction of sp³-hybridized carbons (Fsp3) is 0.182. The zero-order valence-electron chi connectivity index (χ0n) is 16.5. The molecule has 0 bridgehead atoms. The van der Waals surface area contributed by atoms with Crippen molar-refractivity contribution in [1.29, 1.82) is 0 Å². The predicted octanol–water partition coefficient (Wildman–Crippen LogP) is 4.09. The summed E-state index contributed by atoms with van der Waals surface area (Å²) in [6.45, 7) is 3.77. The summed E-state index contributed by atoms with van der Waals surface area (Å²) in [5.41, 5.74) is 2.25. The van der Waals surface area contributed by atoms with Crippen molar-refractivity contribution < 1.29 is 23.7 Å². The second-order valence-electron chi connectivity index (χ2n) is 6.63. The summed E-state index contributed by atoms with van der Waals surface area (Å²) in [7, 11) is 0. The summed E-state index contributed by atoms with van der Waals surface area (Å²) in [6, 6.07) is 11.4. The average molecular weight is 408 g/mol. The number of nitro groups is 1. The molecule has 0 fully saturated rings. The monoisotopic (exact) mass is 408 g/mol. The Morgan fingerprint density at radius 2 is 1.97 bits per heavy atom. The second kappa shape index (κ2) is 9.04. The van der Waals surface area contributed by atoms with E-state index in [1.807, 2.05) is 24.5 Å². The first-order chi connectivity index (χ1) is 14.4. The molecule has 0 aliphatic carbocycles. The third kappa shape index (κ3) is 4.72. The van der Waals surface area contributed by atoms with Gasteiger partial charge in [0.25, 0.3) is 5.69 Å². The van der Waals surface area contributed by atoms with Crippen molar-refractivity contribution in [3.63, 3.8) is 0 Å². The lowest BCUT2D eigenvalue weighted by molar-refractivity contribution is -0.385. The fourth-order valence-electron chi connectivity index (χ4n) is 3.10. The SMILES string of the molecule is Cc1cc(C(=O)COC(=O)C=Cc2ccccc2[N+](=O)[O-])c(C)n1Cc1ccco1. The Hall–Kier alpha value is -3.94. The molecule has 8 heteroatoms. The van der Waals surface area contributed by atoms with E-state index in [0.29, 0.717) is 12.1 Å². The maximum Gasteiger partial charge on any atom is 0.331 e. The van der Waals surface area contributed by atoms with Crippen LogP contribution in [0.4, 0.5) is 5.69 Å². The summed E-state index contributed by atoms with van der Waals surface area (Å²) in [6.07, 6.45) is 3.95. The fourth-order valence-corrected chi connectivity index (χ4v) is 3.10. The number of carbonyl (C=O) groups excluding carboxylic acids is 2. The van der Waals surface area contributed by atoms with Crippen LogP contribution in [0.2, 0.25) is 0 Å². The predicted molar refractivity (Wildman–Crippen MR) is 109 cm³/mol. The highest BCUT2D eigenvalue weighted by Crippen LogP contribution is 2.20. The number of benzene rings is 1. The third-order valence-corrected chi connectivity index (χ3v) is 4.65. The topological polar surface area (TPSA) is 105 Å². The van der Waals surface area contributed by atoms with E-state index < -0.39 is 17.5 Å². The highest BCUT2D eigenvalue weighted by molar-refractivity contribution is 6.00. The molecular weight excluding hydrogens is 388 g/mol. The summed E-state index contributed by atoms with van der Waals surface area (Å²) >= 11 is 0. The Balaban J connectivity index is 1.63. The van der Waals surface area contributed by atoms with Gasteiger partial charge in [-0.2, -0.15) is 0 Å². The van der Waals surface area contributed by atoms with Gasteiger partial charge in [-0.05, 0) is 44.2 Å². The highest BCUT2D eigenvalue weighted by atomic mass is 16.6. The highest BCUT2D eigenvalue weighted by Gasteiger charge is 2.18. The minimum atomic E-state index is -0.758. The lowest BCUT2D eigenvalue weighted by Crippen LogP contribution is -2.13. The first-order valence-electron chi connectivity index (χ1n) is 9.17. The van der Waals surface area contributed by atoms with E-state index in [-0.39, 0.29) is 17.0 Å². The Kier molecular flexibility index (Phi) is 6.26. The van der Waals surface area contributed by atoms with Crippen LogP contribution < -0.4 is 0 Å². The van der Waals surface area contributed by atoms with Crippen molar-refractivity contribution in [3.8, 4) is 0 Å². The zero-order valence-corrected chi connectivity index (χ0v) is 16.5. The number of ketones is 1. The first kappa shape index (κ1) is 20.8. The second-order valence-corrected chi connectivity index (χ2v) is 6.63. The number of furan rings is 1. The van der Waals surface area contributed by atoms with Gasteiger partial charge in [0.15, 0.2) is 6.61 Å². The minimum absolute atomic E-state index is 0.123. The lowest BCUT2D eigenvalue weighted by atomic mass is 10.1. The smallest absolute Gasteiger partial charge is 0.331 e. The molecule has 2 aromatic heterocycles. The van der Waals surface area contributed by atoms with E-state index in [4.69, 9.17) is 9.15 Å². The van der Waals surface area contributed by atoms with Crippen LogP contribution in [0.3, 0.4) is 0 Å². The number of para-hydroxylation sites is 1. The van der Waals surface area contributed by atoms with Gasteiger partial charge < -0.3 is 13.7 Å². The number of carbonyl (C=O) groups is 2. The maximum atomic E-state index is 12.5. The Labute approximate surface area is 172 Å². The molecule has 0 saturated heterocycles. The van der Waals surface area contributed by atoms with Gasteiger partial charge in [0.1, 0.15) is 5.76 Å². The number of Topliss-reactive ketones (excluding diaryl/α,β-unsaturated/α-hetero) is 1. The molecule has 0 unspecified atom stereocenters. The van der Waals surface area contributed by atoms with Crippen LogP contribution in [-0.4, -0.2) is 27.8 Å². The van der Waals surface area contributed by atoms with Gasteiger partial charge >= 0.3 is 5.97 Å². The van der Waals surface area contributed by atoms with E-state index in [0.717, 1.165) is 23.2 Å². The number of esters is 1. The molecule has 154 valence electrons. The zero-order chi connectivity index (χ0) is 21.7. The summed E-state index contributed by atoms with van der Waals surface area (Å²) in [5, 5.41) is 11.0. The molecule has 0 saturated carbocycles. The van der Waals surface area contributed by atoms with E-state index in [2.05, 4.69) is 0 Å². The van der Waals surface area contributed by atoms with Crippen LogP contribution in [0.25, 0.3) is 6.08 Å². The third-order valence-electron chi connectivity index (χ3n) is 4.65. The molecule has 0 spiro atoms. The molecule has 0 amide bonds. The molecule has 2 heterocycles. The number of hydrogen-bond donors (Lipinski definition) is 0. The Bertz CT molecular complexity index is 1110. The van der Waals surface area contributed by atoms with E-state index in [1.165, 1.54) is 24.3 Å². The first-order valence-corrected chi connectivity index (χ1v) is 9.17. The van der Waals surface area contributed by atoms with Gasteiger partial charge in [-0.3, -0.25) is 14.9 Å². The molecule has 0 aliphatic rings. The normalized spacial score (nSPS) is 11.0. The largest absolute Gasteiger partial charge is 0.467 e. The quantitative estimate of drug-likeness (QED) is 0.183. The lowest BCUT2D eigenvalue weighted by Gasteiger charge is -2.08. The summed E-state index contributed by atoms with van der Waals surface area (Å²) in [4.78, 5) is 34.9. The van der Waals surface area contributed by atoms with Gasteiger partial charge in [0.2, 0.25) is 5.78 Å². The standard InChI is InChI=1S/C22H20N2O6/c1-15-12-19(16(2)23(15)13-18-7-5-11-29-18)21(25)14-30-22(26)10-9-17-6-3-4-8-20(17)24(27)28/h3-12H,13-14H2,1-2H3. The molecule has 30 heavy (non-hydrogen) atoms. The number of nitro benzene ring substituents is 1. The van der Waals surface area contributed by atoms with Crippen LogP contribution in [0.1, 0.15) is 33.1 Å². The molecule has 0 N–H and O–H groups in total. The van der Waals surface area contributed by atoms with Gasteiger partial charge in [-0.15, -0.1) is 0 Å². The molecule has 1 aromatic carbocycles. The maximum absolute atomic E-state index is 12.5. The van der Waals surface area contributed by atoms with Crippen molar-refractivity contribution in [1.82, 2.24) is 4.57 Å². The number of aryl methyl sites for hydroxylation is 1. The van der Waals surface area contributed by atoms with Gasteiger partial charge in [0.05, 0.1) is 23.3 Å². The molecule has 0 atom stereocenters. The number of rotatable bonds is 8. The van der Waals surface area contributed by atoms with Gasteiger partial charge in [0, 0.05) is 29.1 Å². The van der Waals surface area contributed by atoms with Gasteiger partial charge in [-0.1, -0.05) is 12.1 Å². The average Bonchev–Trinajstić information content (AvgIpc) is 3.34. The molecular formula is C22H20N2O6. The van der Waals surface area contributed by atoms with Crippen LogP contribution in [0, 0.1) is 24.0 Å². The summed E-state index contributed by atoms with van der Waals surface area (Å²) < 4.78 is 12.3.